The largest absolute Gasteiger partial charge is 0.330 e. The van der Waals surface area contributed by atoms with Crippen LogP contribution in [0.3, 0.4) is 0 Å². The Morgan fingerprint density at radius 3 is 2.91 bits per heavy atom. The molecule has 11 heavy (non-hydrogen) atoms. The lowest BCUT2D eigenvalue weighted by molar-refractivity contribution is -0.642. The van der Waals surface area contributed by atoms with Crippen molar-refractivity contribution in [2.75, 3.05) is 6.67 Å². The van der Waals surface area contributed by atoms with Gasteiger partial charge in [0, 0.05) is 6.08 Å². The molecule has 0 radical (unpaired) electrons. The standard InChI is InChI=1S/C4H4ClN3O3/c5-3-1-4(9)6-2-7(3)8(10)11/h1H,2H2,(H,6,9). The Labute approximate surface area is 66.5 Å². The zero-order valence-corrected chi connectivity index (χ0v) is 6.04. The van der Waals surface area contributed by atoms with Gasteiger partial charge in [-0.2, -0.15) is 0 Å². The lowest BCUT2D eigenvalue weighted by Crippen LogP contribution is -2.42. The van der Waals surface area contributed by atoms with Crippen molar-refractivity contribution in [1.29, 1.82) is 0 Å². The van der Waals surface area contributed by atoms with Crippen molar-refractivity contribution in [2.45, 2.75) is 0 Å². The van der Waals surface area contributed by atoms with Crippen LogP contribution in [-0.4, -0.2) is 22.6 Å². The number of amides is 1. The molecule has 1 rings (SSSR count). The van der Waals surface area contributed by atoms with E-state index in [2.05, 4.69) is 5.32 Å². The van der Waals surface area contributed by atoms with Crippen molar-refractivity contribution in [2.24, 2.45) is 0 Å². The molecule has 0 aromatic carbocycles. The number of hydrogen-bond donors (Lipinski definition) is 1. The molecule has 1 heterocycles. The van der Waals surface area contributed by atoms with Crippen LogP contribution in [0.2, 0.25) is 0 Å². The quantitative estimate of drug-likeness (QED) is 0.337. The second kappa shape index (κ2) is 2.75. The molecular formula is C4H4ClN3O3. The molecule has 1 N–H and O–H groups in total. The maximum Gasteiger partial charge on any atom is 0.248 e. The molecule has 0 aromatic rings. The Hall–Kier alpha value is -1.30. The number of carbonyl (C=O) groups excluding carboxylic acids is 1. The molecule has 1 amide bonds. The molecule has 1 aliphatic heterocycles. The van der Waals surface area contributed by atoms with Gasteiger partial charge in [0.25, 0.3) is 0 Å². The van der Waals surface area contributed by atoms with Crippen LogP contribution in [0.25, 0.3) is 0 Å². The van der Waals surface area contributed by atoms with Crippen molar-refractivity contribution in [1.82, 2.24) is 10.3 Å². The predicted octanol–water partition coefficient (Wildman–Crippen LogP) is -0.352. The van der Waals surface area contributed by atoms with Crippen LogP contribution in [0.1, 0.15) is 0 Å². The van der Waals surface area contributed by atoms with E-state index in [1.54, 1.807) is 0 Å². The minimum Gasteiger partial charge on any atom is -0.330 e. The number of hydrazine groups is 1. The number of nitrogens with zero attached hydrogens (tertiary/aromatic N) is 2. The summed E-state index contributed by atoms with van der Waals surface area (Å²) in [6.45, 7) is -0.193. The molecule has 0 unspecified atom stereocenters. The van der Waals surface area contributed by atoms with Gasteiger partial charge < -0.3 is 5.32 Å². The second-order valence-corrected chi connectivity index (χ2v) is 2.19. The van der Waals surface area contributed by atoms with E-state index in [0.717, 1.165) is 6.08 Å². The van der Waals surface area contributed by atoms with Gasteiger partial charge >= 0.3 is 0 Å². The van der Waals surface area contributed by atoms with E-state index in [1.807, 2.05) is 0 Å². The summed E-state index contributed by atoms with van der Waals surface area (Å²) >= 11 is 5.36. The van der Waals surface area contributed by atoms with E-state index in [0.29, 0.717) is 5.01 Å². The molecule has 0 bridgehead atoms. The number of rotatable bonds is 1. The molecule has 0 spiro atoms. The summed E-state index contributed by atoms with van der Waals surface area (Å²) in [4.78, 5) is 20.6. The molecule has 0 saturated heterocycles. The fraction of sp³-hybridized carbons (Fsp3) is 0.250. The molecule has 7 heteroatoms. The van der Waals surface area contributed by atoms with Gasteiger partial charge in [-0.15, -0.1) is 0 Å². The third kappa shape index (κ3) is 1.58. The highest BCUT2D eigenvalue weighted by Gasteiger charge is 2.23. The van der Waals surface area contributed by atoms with Gasteiger partial charge in [-0.3, -0.25) is 4.79 Å². The highest BCUT2D eigenvalue weighted by molar-refractivity contribution is 6.30. The lowest BCUT2D eigenvalue weighted by Gasteiger charge is -2.16. The molecular weight excluding hydrogens is 174 g/mol. The van der Waals surface area contributed by atoms with Gasteiger partial charge in [-0.1, -0.05) is 16.6 Å². The first-order valence-corrected chi connectivity index (χ1v) is 3.06. The van der Waals surface area contributed by atoms with Gasteiger partial charge in [0.2, 0.25) is 5.91 Å². The first kappa shape index (κ1) is 7.80. The van der Waals surface area contributed by atoms with Gasteiger partial charge in [0.15, 0.2) is 16.9 Å². The molecule has 6 nitrogen and oxygen atoms in total. The van der Waals surface area contributed by atoms with Crippen LogP contribution in [0, 0.1) is 10.1 Å². The van der Waals surface area contributed by atoms with Gasteiger partial charge in [0.05, 0.1) is 0 Å². The number of halogens is 1. The number of nitro groups is 1. The van der Waals surface area contributed by atoms with Crippen molar-refractivity contribution >= 4 is 17.5 Å². The van der Waals surface area contributed by atoms with Crippen LogP contribution in [0.4, 0.5) is 0 Å². The highest BCUT2D eigenvalue weighted by atomic mass is 35.5. The maximum absolute atomic E-state index is 10.5. The third-order valence-corrected chi connectivity index (χ3v) is 1.40. The smallest absolute Gasteiger partial charge is 0.248 e. The zero-order valence-electron chi connectivity index (χ0n) is 5.28. The molecule has 60 valence electrons. The molecule has 0 fully saturated rings. The second-order valence-electron chi connectivity index (χ2n) is 1.80. The number of carbonyl (C=O) groups is 1. The van der Waals surface area contributed by atoms with Crippen LogP contribution in [0.5, 0.6) is 0 Å². The van der Waals surface area contributed by atoms with Crippen LogP contribution >= 0.6 is 11.6 Å². The van der Waals surface area contributed by atoms with E-state index in [-0.39, 0.29) is 11.8 Å². The summed E-state index contributed by atoms with van der Waals surface area (Å²) in [7, 11) is 0. The molecule has 0 aromatic heterocycles. The lowest BCUT2D eigenvalue weighted by atomic mass is 10.5. The van der Waals surface area contributed by atoms with Gasteiger partial charge in [-0.25, -0.2) is 10.1 Å². The van der Waals surface area contributed by atoms with Crippen LogP contribution in [0.15, 0.2) is 11.2 Å². The zero-order chi connectivity index (χ0) is 8.43. The summed E-state index contributed by atoms with van der Waals surface area (Å²) in [5.74, 6) is -0.423. The topological polar surface area (TPSA) is 75.5 Å². The Morgan fingerprint density at radius 1 is 1.82 bits per heavy atom. The van der Waals surface area contributed by atoms with Crippen LogP contribution < -0.4 is 5.32 Å². The third-order valence-electron chi connectivity index (χ3n) is 1.10. The Balaban J connectivity index is 2.80. The summed E-state index contributed by atoms with van der Waals surface area (Å²) in [5.41, 5.74) is 0. The summed E-state index contributed by atoms with van der Waals surface area (Å²) < 4.78 is 0. The van der Waals surface area contributed by atoms with E-state index in [4.69, 9.17) is 11.6 Å². The van der Waals surface area contributed by atoms with Gasteiger partial charge in [-0.05, 0) is 0 Å². The predicted molar refractivity (Wildman–Crippen MR) is 35.8 cm³/mol. The maximum atomic E-state index is 10.5. The highest BCUT2D eigenvalue weighted by Crippen LogP contribution is 2.10. The van der Waals surface area contributed by atoms with Crippen molar-refractivity contribution in [3.05, 3.63) is 21.3 Å². The minimum atomic E-state index is -0.696. The fourth-order valence-corrected chi connectivity index (χ4v) is 0.818. The summed E-state index contributed by atoms with van der Waals surface area (Å²) in [6.07, 6.45) is 0.952. The summed E-state index contributed by atoms with van der Waals surface area (Å²) in [6, 6.07) is 0. The first-order chi connectivity index (χ1) is 5.11. The van der Waals surface area contributed by atoms with Crippen LogP contribution in [-0.2, 0) is 4.79 Å². The molecule has 0 atom stereocenters. The van der Waals surface area contributed by atoms with E-state index in [1.165, 1.54) is 0 Å². The molecule has 0 aliphatic carbocycles. The van der Waals surface area contributed by atoms with E-state index in [9.17, 15) is 14.9 Å². The Morgan fingerprint density at radius 2 is 2.45 bits per heavy atom. The normalized spacial score (nSPS) is 17.4. The van der Waals surface area contributed by atoms with Crippen molar-refractivity contribution in [3.8, 4) is 0 Å². The van der Waals surface area contributed by atoms with E-state index < -0.39 is 10.9 Å². The van der Waals surface area contributed by atoms with E-state index >= 15 is 0 Å². The number of nitrogens with one attached hydrogen (secondary N) is 1. The first-order valence-electron chi connectivity index (χ1n) is 2.68. The minimum absolute atomic E-state index is 0.182. The fourth-order valence-electron chi connectivity index (χ4n) is 0.598. The molecule has 0 saturated carbocycles. The average molecular weight is 178 g/mol. The molecule has 1 aliphatic rings. The number of hydrogen-bond acceptors (Lipinski definition) is 3. The van der Waals surface area contributed by atoms with Crippen molar-refractivity contribution < 1.29 is 9.83 Å². The summed E-state index contributed by atoms with van der Waals surface area (Å²) in [5, 5.41) is 12.1. The Kier molecular flexibility index (Phi) is 1.95. The SMILES string of the molecule is O=C1C=C(Cl)N([N+](=O)[O-])CN1. The van der Waals surface area contributed by atoms with Gasteiger partial charge in [0.1, 0.15) is 0 Å². The average Bonchev–Trinajstić information content (AvgIpc) is 1.85. The Bertz CT molecular complexity index is 239. The monoisotopic (exact) mass is 177 g/mol. The van der Waals surface area contributed by atoms with Crippen molar-refractivity contribution in [3.63, 3.8) is 0 Å².